The molecule has 1 N–H and O–H groups in total. The quantitative estimate of drug-likeness (QED) is 0.860. The Bertz CT molecular complexity index is 556. The molecule has 2 heterocycles. The van der Waals surface area contributed by atoms with Crippen LogP contribution in [0.2, 0.25) is 0 Å². The zero-order valence-corrected chi connectivity index (χ0v) is 14.6. The number of rotatable bonds is 6. The van der Waals surface area contributed by atoms with E-state index in [2.05, 4.69) is 24.2 Å². The first kappa shape index (κ1) is 16.9. The number of hydrogen-bond acceptors (Lipinski definition) is 5. The summed E-state index contributed by atoms with van der Waals surface area (Å²) in [4.78, 5) is 3.76. The highest BCUT2D eigenvalue weighted by Crippen LogP contribution is 2.25. The Labute approximate surface area is 132 Å². The summed E-state index contributed by atoms with van der Waals surface area (Å²) in [5.74, 6) is 0. The first-order valence-electron chi connectivity index (χ1n) is 7.47. The predicted octanol–water partition coefficient (Wildman–Crippen LogP) is 1.57. The zero-order chi connectivity index (χ0) is 15.5. The molecular formula is C14H25N3O2S2. The van der Waals surface area contributed by atoms with Crippen LogP contribution in [0.1, 0.15) is 25.1 Å². The normalized spacial score (nSPS) is 21.8. The van der Waals surface area contributed by atoms with Crippen LogP contribution in [0.25, 0.3) is 0 Å². The Kier molecular flexibility index (Phi) is 5.79. The smallest absolute Gasteiger partial charge is 0.244 e. The highest BCUT2D eigenvalue weighted by molar-refractivity contribution is 7.89. The van der Waals surface area contributed by atoms with Crippen molar-refractivity contribution < 1.29 is 8.42 Å². The molecule has 1 atom stereocenters. The maximum atomic E-state index is 12.7. The fourth-order valence-electron chi connectivity index (χ4n) is 2.56. The van der Waals surface area contributed by atoms with Crippen LogP contribution >= 0.6 is 11.3 Å². The highest BCUT2D eigenvalue weighted by atomic mass is 32.2. The zero-order valence-electron chi connectivity index (χ0n) is 13.0. The van der Waals surface area contributed by atoms with Crippen molar-refractivity contribution in [2.75, 3.05) is 33.2 Å². The molecule has 0 saturated carbocycles. The third kappa shape index (κ3) is 3.84. The minimum atomic E-state index is -3.34. The molecule has 1 aliphatic rings. The summed E-state index contributed by atoms with van der Waals surface area (Å²) < 4.78 is 27.1. The van der Waals surface area contributed by atoms with Gasteiger partial charge < -0.3 is 10.2 Å². The number of thiophene rings is 1. The van der Waals surface area contributed by atoms with Gasteiger partial charge in [-0.25, -0.2) is 8.42 Å². The van der Waals surface area contributed by atoms with E-state index in [9.17, 15) is 8.42 Å². The second kappa shape index (κ2) is 7.19. The molecule has 2 rings (SSSR count). The lowest BCUT2D eigenvalue weighted by molar-refractivity contribution is 0.144. The lowest BCUT2D eigenvalue weighted by Gasteiger charge is -2.38. The maximum absolute atomic E-state index is 12.7. The summed E-state index contributed by atoms with van der Waals surface area (Å²) in [7, 11) is -1.28. The second-order valence-electron chi connectivity index (χ2n) is 5.43. The second-order valence-corrected chi connectivity index (χ2v) is 8.37. The van der Waals surface area contributed by atoms with Crippen LogP contribution in [0.4, 0.5) is 0 Å². The minimum Gasteiger partial charge on any atom is -0.312 e. The van der Waals surface area contributed by atoms with Gasteiger partial charge in [0.1, 0.15) is 0 Å². The van der Waals surface area contributed by atoms with Crippen LogP contribution in [-0.4, -0.2) is 56.9 Å². The summed E-state index contributed by atoms with van der Waals surface area (Å²) in [6.45, 7) is 7.73. The topological polar surface area (TPSA) is 52.7 Å². The Morgan fingerprint density at radius 2 is 2.14 bits per heavy atom. The van der Waals surface area contributed by atoms with Gasteiger partial charge in [-0.15, -0.1) is 11.3 Å². The van der Waals surface area contributed by atoms with Gasteiger partial charge in [0.25, 0.3) is 0 Å². The molecular weight excluding hydrogens is 306 g/mol. The van der Waals surface area contributed by atoms with E-state index in [1.54, 1.807) is 9.69 Å². The number of hydrogen-bond donors (Lipinski definition) is 1. The van der Waals surface area contributed by atoms with Crippen molar-refractivity contribution in [1.82, 2.24) is 14.5 Å². The van der Waals surface area contributed by atoms with Gasteiger partial charge in [0, 0.05) is 42.5 Å². The number of nitrogens with one attached hydrogen (secondary N) is 1. The molecule has 120 valence electrons. The fraction of sp³-hybridized carbons (Fsp3) is 0.714. The van der Waals surface area contributed by atoms with Crippen LogP contribution < -0.4 is 5.32 Å². The van der Waals surface area contributed by atoms with E-state index in [4.69, 9.17) is 0 Å². The number of likely N-dealkylation sites (N-methyl/N-ethyl adjacent to an activating group) is 1. The molecule has 1 unspecified atom stereocenters. The average molecular weight is 332 g/mol. The standard InChI is InChI=1S/C14H25N3O2S2/c1-4-12-10-17(7-6-16(12)3)21(18,19)14-8-13(20-11-14)9-15-5-2/h8,11-12,15H,4-7,9-10H2,1-3H3. The van der Waals surface area contributed by atoms with Crippen LogP contribution in [0, 0.1) is 0 Å². The Hall–Kier alpha value is -0.470. The van der Waals surface area contributed by atoms with Crippen molar-refractivity contribution in [1.29, 1.82) is 0 Å². The monoisotopic (exact) mass is 331 g/mol. The first-order chi connectivity index (χ1) is 9.98. The molecule has 21 heavy (non-hydrogen) atoms. The van der Waals surface area contributed by atoms with Gasteiger partial charge in [-0.1, -0.05) is 13.8 Å². The van der Waals surface area contributed by atoms with Crippen molar-refractivity contribution in [3.63, 3.8) is 0 Å². The van der Waals surface area contributed by atoms with Crippen LogP contribution in [0.3, 0.4) is 0 Å². The van der Waals surface area contributed by atoms with Crippen LogP contribution in [-0.2, 0) is 16.6 Å². The molecule has 0 radical (unpaired) electrons. The van der Waals surface area contributed by atoms with E-state index in [-0.39, 0.29) is 0 Å². The maximum Gasteiger partial charge on any atom is 0.244 e. The van der Waals surface area contributed by atoms with Gasteiger partial charge in [-0.3, -0.25) is 0 Å². The van der Waals surface area contributed by atoms with Gasteiger partial charge in [0.05, 0.1) is 4.90 Å². The summed E-state index contributed by atoms with van der Waals surface area (Å²) in [5.41, 5.74) is 0. The lowest BCUT2D eigenvalue weighted by Crippen LogP contribution is -2.52. The molecule has 0 amide bonds. The van der Waals surface area contributed by atoms with Crippen molar-refractivity contribution in [2.45, 2.75) is 37.8 Å². The third-order valence-electron chi connectivity index (χ3n) is 4.03. The summed E-state index contributed by atoms with van der Waals surface area (Å²) in [5, 5.41) is 4.99. The first-order valence-corrected chi connectivity index (χ1v) is 9.79. The molecule has 5 nitrogen and oxygen atoms in total. The Morgan fingerprint density at radius 3 is 2.81 bits per heavy atom. The molecule has 1 aromatic heterocycles. The van der Waals surface area contributed by atoms with E-state index in [1.165, 1.54) is 11.3 Å². The molecule has 1 fully saturated rings. The highest BCUT2D eigenvalue weighted by Gasteiger charge is 2.32. The third-order valence-corrected chi connectivity index (χ3v) is 6.96. The molecule has 0 bridgehead atoms. The van der Waals surface area contributed by atoms with Crippen molar-refractivity contribution >= 4 is 21.4 Å². The summed E-state index contributed by atoms with van der Waals surface area (Å²) >= 11 is 1.51. The molecule has 0 aliphatic carbocycles. The number of piperazine rings is 1. The average Bonchev–Trinajstić information content (AvgIpc) is 2.95. The molecule has 1 aliphatic heterocycles. The molecule has 7 heteroatoms. The SMILES string of the molecule is CCNCc1cc(S(=O)(=O)N2CCN(C)C(CC)C2)cs1. The van der Waals surface area contributed by atoms with E-state index in [0.717, 1.165) is 30.9 Å². The van der Waals surface area contributed by atoms with Crippen LogP contribution in [0.5, 0.6) is 0 Å². The molecule has 1 aromatic rings. The number of sulfonamides is 1. The van der Waals surface area contributed by atoms with Gasteiger partial charge in [-0.05, 0) is 26.1 Å². The van der Waals surface area contributed by atoms with E-state index in [0.29, 0.717) is 24.0 Å². The van der Waals surface area contributed by atoms with Gasteiger partial charge in [0.15, 0.2) is 0 Å². The van der Waals surface area contributed by atoms with E-state index < -0.39 is 10.0 Å². The fourth-order valence-corrected chi connectivity index (χ4v) is 5.26. The molecule has 0 spiro atoms. The molecule has 1 saturated heterocycles. The Morgan fingerprint density at radius 1 is 1.38 bits per heavy atom. The number of nitrogens with zero attached hydrogens (tertiary/aromatic N) is 2. The van der Waals surface area contributed by atoms with E-state index in [1.807, 2.05) is 13.0 Å². The molecule has 0 aromatic carbocycles. The van der Waals surface area contributed by atoms with Crippen LogP contribution in [0.15, 0.2) is 16.3 Å². The van der Waals surface area contributed by atoms with Crippen molar-refractivity contribution in [3.8, 4) is 0 Å². The Balaban J connectivity index is 2.12. The summed E-state index contributed by atoms with van der Waals surface area (Å²) in [6, 6.07) is 2.12. The summed E-state index contributed by atoms with van der Waals surface area (Å²) in [6.07, 6.45) is 0.970. The minimum absolute atomic E-state index is 0.313. The van der Waals surface area contributed by atoms with Gasteiger partial charge in [0.2, 0.25) is 10.0 Å². The largest absolute Gasteiger partial charge is 0.312 e. The van der Waals surface area contributed by atoms with Crippen molar-refractivity contribution in [3.05, 3.63) is 16.3 Å². The predicted molar refractivity (Wildman–Crippen MR) is 87.2 cm³/mol. The lowest BCUT2D eigenvalue weighted by atomic mass is 10.1. The van der Waals surface area contributed by atoms with Crippen molar-refractivity contribution in [2.24, 2.45) is 0 Å². The van der Waals surface area contributed by atoms with Gasteiger partial charge in [-0.2, -0.15) is 4.31 Å². The van der Waals surface area contributed by atoms with E-state index >= 15 is 0 Å². The van der Waals surface area contributed by atoms with Gasteiger partial charge >= 0.3 is 0 Å².